The first-order valence-corrected chi connectivity index (χ1v) is 11.0. The molecule has 4 nitrogen and oxygen atoms in total. The second kappa shape index (κ2) is 10.1. The van der Waals surface area contributed by atoms with Gasteiger partial charge in [-0.15, -0.1) is 0 Å². The maximum atomic E-state index is 12.2. The summed E-state index contributed by atoms with van der Waals surface area (Å²) >= 11 is 0. The minimum Gasteiger partial charge on any atom is -0.449 e. The predicted octanol–water partition coefficient (Wildman–Crippen LogP) is 5.76. The number of carbonyl (C=O) groups is 2. The summed E-state index contributed by atoms with van der Waals surface area (Å²) < 4.78 is 5.56. The van der Waals surface area contributed by atoms with Crippen molar-refractivity contribution in [1.29, 1.82) is 0 Å². The molecule has 0 unspecified atom stereocenters. The Morgan fingerprint density at radius 3 is 2.22 bits per heavy atom. The number of rotatable bonds is 8. The van der Waals surface area contributed by atoms with E-state index < -0.39 is 6.09 Å². The van der Waals surface area contributed by atoms with E-state index in [1.165, 1.54) is 22.3 Å². The Morgan fingerprint density at radius 2 is 1.53 bits per heavy atom. The average Bonchev–Trinajstić information content (AvgIpc) is 3.12. The molecule has 0 spiro atoms. The predicted molar refractivity (Wildman–Crippen MR) is 128 cm³/mol. The highest BCUT2D eigenvalue weighted by Gasteiger charge is 2.28. The van der Waals surface area contributed by atoms with E-state index in [0.29, 0.717) is 26.0 Å². The highest BCUT2D eigenvalue weighted by Crippen LogP contribution is 2.44. The van der Waals surface area contributed by atoms with Gasteiger partial charge in [-0.3, -0.25) is 4.79 Å². The fraction of sp³-hybridized carbons (Fsp3) is 0.214. The Balaban J connectivity index is 1.27. The second-order valence-corrected chi connectivity index (χ2v) is 8.02. The van der Waals surface area contributed by atoms with E-state index in [2.05, 4.69) is 29.6 Å². The van der Waals surface area contributed by atoms with Crippen molar-refractivity contribution in [2.75, 3.05) is 13.2 Å². The van der Waals surface area contributed by atoms with Crippen LogP contribution in [0.15, 0.2) is 78.9 Å². The zero-order chi connectivity index (χ0) is 22.3. The summed E-state index contributed by atoms with van der Waals surface area (Å²) in [6, 6.07) is 24.4. The lowest BCUT2D eigenvalue weighted by Gasteiger charge is -2.14. The first-order chi connectivity index (χ1) is 15.6. The van der Waals surface area contributed by atoms with E-state index in [9.17, 15) is 9.59 Å². The number of amides is 1. The number of Topliss-reactive ketones (excluding diaryl/α,β-unsaturated/α-hetero) is 1. The van der Waals surface area contributed by atoms with Crippen molar-refractivity contribution >= 4 is 18.0 Å². The molecule has 0 aliphatic heterocycles. The smallest absolute Gasteiger partial charge is 0.407 e. The molecule has 162 valence electrons. The highest BCUT2D eigenvalue weighted by atomic mass is 16.5. The van der Waals surface area contributed by atoms with Gasteiger partial charge in [0, 0.05) is 18.9 Å². The maximum Gasteiger partial charge on any atom is 0.407 e. The Morgan fingerprint density at radius 1 is 0.906 bits per heavy atom. The third kappa shape index (κ3) is 4.97. The zero-order valence-electron chi connectivity index (χ0n) is 18.2. The van der Waals surface area contributed by atoms with Gasteiger partial charge in [-0.2, -0.15) is 0 Å². The normalized spacial score (nSPS) is 12.4. The summed E-state index contributed by atoms with van der Waals surface area (Å²) in [7, 11) is 0. The maximum absolute atomic E-state index is 12.2. The van der Waals surface area contributed by atoms with Crippen LogP contribution in [0.5, 0.6) is 0 Å². The highest BCUT2D eigenvalue weighted by molar-refractivity contribution is 5.80. The van der Waals surface area contributed by atoms with Gasteiger partial charge in [0.05, 0.1) is 0 Å². The number of carbonyl (C=O) groups excluding carboxylic acids is 2. The van der Waals surface area contributed by atoms with Crippen LogP contribution >= 0.6 is 0 Å². The van der Waals surface area contributed by atoms with Crippen LogP contribution in [0.1, 0.15) is 41.5 Å². The lowest BCUT2D eigenvalue weighted by molar-refractivity contribution is -0.116. The number of nitrogens with one attached hydrogen (secondary N) is 1. The number of benzene rings is 3. The molecule has 0 saturated heterocycles. The lowest BCUT2D eigenvalue weighted by atomic mass is 9.98. The molecule has 4 heteroatoms. The van der Waals surface area contributed by atoms with Gasteiger partial charge < -0.3 is 10.1 Å². The monoisotopic (exact) mass is 425 g/mol. The molecule has 0 saturated carbocycles. The van der Waals surface area contributed by atoms with Gasteiger partial charge in [0.25, 0.3) is 0 Å². The molecule has 0 aromatic heterocycles. The molecule has 1 aliphatic carbocycles. The van der Waals surface area contributed by atoms with Crippen molar-refractivity contribution in [3.8, 4) is 11.1 Å². The van der Waals surface area contributed by atoms with Gasteiger partial charge in [-0.05, 0) is 46.7 Å². The van der Waals surface area contributed by atoms with Gasteiger partial charge in [0.1, 0.15) is 12.4 Å². The number of fused-ring (bicyclic) bond motifs is 3. The fourth-order valence-corrected chi connectivity index (χ4v) is 4.24. The summed E-state index contributed by atoms with van der Waals surface area (Å²) in [6.45, 7) is 2.40. The van der Waals surface area contributed by atoms with Crippen LogP contribution in [0.25, 0.3) is 17.2 Å². The van der Waals surface area contributed by atoms with Gasteiger partial charge in [-0.1, -0.05) is 84.9 Å². The fourth-order valence-electron chi connectivity index (χ4n) is 4.24. The van der Waals surface area contributed by atoms with Crippen molar-refractivity contribution in [1.82, 2.24) is 5.32 Å². The summed E-state index contributed by atoms with van der Waals surface area (Å²) in [6.07, 6.45) is 4.70. The van der Waals surface area contributed by atoms with Crippen LogP contribution in [0, 0.1) is 0 Å². The van der Waals surface area contributed by atoms with E-state index >= 15 is 0 Å². The number of ketones is 1. The standard InChI is InChI=1S/C28H27NO3/c1-20(30)18-22-12-3-2-10-21(22)11-8-9-17-29-28(31)32-19-27-25-15-6-4-13-23(25)24-14-5-7-16-26(24)27/h2-8,10-16,27H,9,17-19H2,1H3,(H,29,31). The Kier molecular flexibility index (Phi) is 6.81. The van der Waals surface area contributed by atoms with Crippen LogP contribution in [0.2, 0.25) is 0 Å². The molecule has 3 aromatic carbocycles. The average molecular weight is 426 g/mol. The minimum atomic E-state index is -0.405. The number of hydrogen-bond acceptors (Lipinski definition) is 3. The number of ether oxygens (including phenoxy) is 1. The van der Waals surface area contributed by atoms with E-state index in [-0.39, 0.29) is 11.7 Å². The van der Waals surface area contributed by atoms with E-state index in [0.717, 1.165) is 11.1 Å². The van der Waals surface area contributed by atoms with E-state index in [1.54, 1.807) is 6.92 Å². The van der Waals surface area contributed by atoms with Gasteiger partial charge >= 0.3 is 6.09 Å². The molecular formula is C28H27NO3. The van der Waals surface area contributed by atoms with E-state index in [1.807, 2.05) is 60.7 Å². The zero-order valence-corrected chi connectivity index (χ0v) is 18.2. The molecule has 3 aromatic rings. The number of alkyl carbamates (subject to hydrolysis) is 1. The van der Waals surface area contributed by atoms with Crippen molar-refractivity contribution in [2.45, 2.75) is 25.7 Å². The van der Waals surface area contributed by atoms with Crippen LogP contribution < -0.4 is 5.32 Å². The van der Waals surface area contributed by atoms with E-state index in [4.69, 9.17) is 4.74 Å². The van der Waals surface area contributed by atoms with Crippen LogP contribution in [0.4, 0.5) is 4.79 Å². The number of hydrogen-bond donors (Lipinski definition) is 1. The Bertz CT molecular complexity index is 1100. The molecule has 0 radical (unpaired) electrons. The molecule has 0 bridgehead atoms. The molecule has 1 amide bonds. The van der Waals surface area contributed by atoms with Crippen LogP contribution in [0.3, 0.4) is 0 Å². The van der Waals surface area contributed by atoms with Crippen molar-refractivity contribution in [2.24, 2.45) is 0 Å². The topological polar surface area (TPSA) is 55.4 Å². The summed E-state index contributed by atoms with van der Waals surface area (Å²) in [5, 5.41) is 2.82. The van der Waals surface area contributed by atoms with Gasteiger partial charge in [0.2, 0.25) is 0 Å². The molecule has 1 aliphatic rings. The van der Waals surface area contributed by atoms with Gasteiger partial charge in [-0.25, -0.2) is 4.79 Å². The molecule has 0 heterocycles. The first kappa shape index (κ1) is 21.6. The summed E-state index contributed by atoms with van der Waals surface area (Å²) in [5.74, 6) is 0.202. The van der Waals surface area contributed by atoms with Crippen molar-refractivity contribution in [3.05, 3.63) is 101 Å². The molecule has 32 heavy (non-hydrogen) atoms. The quantitative estimate of drug-likeness (QED) is 0.467. The molecule has 0 atom stereocenters. The molecule has 4 rings (SSSR count). The SMILES string of the molecule is CC(=O)Cc1ccccc1C=CCCNC(=O)OCC1c2ccccc2-c2ccccc21. The summed E-state index contributed by atoms with van der Waals surface area (Å²) in [4.78, 5) is 23.7. The van der Waals surface area contributed by atoms with Gasteiger partial charge in [0.15, 0.2) is 0 Å². The third-order valence-electron chi connectivity index (χ3n) is 5.72. The Labute approximate surface area is 188 Å². The van der Waals surface area contributed by atoms with Crippen molar-refractivity contribution in [3.63, 3.8) is 0 Å². The van der Waals surface area contributed by atoms with Crippen LogP contribution in [-0.4, -0.2) is 25.0 Å². The molecule has 1 N–H and O–H groups in total. The Hall–Kier alpha value is -3.66. The first-order valence-electron chi connectivity index (χ1n) is 11.0. The van der Waals surface area contributed by atoms with Crippen LogP contribution in [-0.2, 0) is 16.0 Å². The third-order valence-corrected chi connectivity index (χ3v) is 5.72. The largest absolute Gasteiger partial charge is 0.449 e. The van der Waals surface area contributed by atoms with Crippen molar-refractivity contribution < 1.29 is 14.3 Å². The minimum absolute atomic E-state index is 0.0609. The molecular weight excluding hydrogens is 398 g/mol. The lowest BCUT2D eigenvalue weighted by Crippen LogP contribution is -2.26. The summed E-state index contributed by atoms with van der Waals surface area (Å²) in [5.41, 5.74) is 6.88. The molecule has 0 fully saturated rings. The second-order valence-electron chi connectivity index (χ2n) is 8.02.